The number of ether oxygens (including phenoxy) is 1. The van der Waals surface area contributed by atoms with Crippen molar-refractivity contribution >= 4 is 11.9 Å². The minimum absolute atomic E-state index is 0.0190. The molecule has 0 spiro atoms. The number of aliphatic hydroxyl groups excluding tert-OH is 1. The lowest BCUT2D eigenvalue weighted by atomic mass is 10.2. The van der Waals surface area contributed by atoms with E-state index in [0.29, 0.717) is 0 Å². The Morgan fingerprint density at radius 2 is 2.17 bits per heavy atom. The van der Waals surface area contributed by atoms with Crippen LogP contribution in [0.1, 0.15) is 6.42 Å². The maximum absolute atomic E-state index is 10.6. The van der Waals surface area contributed by atoms with Gasteiger partial charge in [-0.1, -0.05) is 12.7 Å². The van der Waals surface area contributed by atoms with Crippen molar-refractivity contribution in [2.75, 3.05) is 6.61 Å². The SMILES string of the molecule is C=CCOC(=O)C[C@H](O)C(=O)O. The Morgan fingerprint density at radius 1 is 1.58 bits per heavy atom. The minimum Gasteiger partial charge on any atom is -0.479 e. The van der Waals surface area contributed by atoms with E-state index in [-0.39, 0.29) is 6.61 Å². The smallest absolute Gasteiger partial charge is 0.333 e. The van der Waals surface area contributed by atoms with Crippen molar-refractivity contribution in [3.63, 3.8) is 0 Å². The fourth-order valence-electron chi connectivity index (χ4n) is 0.456. The van der Waals surface area contributed by atoms with Gasteiger partial charge in [0, 0.05) is 0 Å². The summed E-state index contributed by atoms with van der Waals surface area (Å²) in [6.07, 6.45) is -0.879. The number of esters is 1. The number of rotatable bonds is 5. The number of aliphatic hydroxyl groups is 1. The van der Waals surface area contributed by atoms with Gasteiger partial charge >= 0.3 is 11.9 Å². The van der Waals surface area contributed by atoms with Gasteiger partial charge in [-0.2, -0.15) is 0 Å². The van der Waals surface area contributed by atoms with Crippen LogP contribution in [0.25, 0.3) is 0 Å². The Bertz CT molecular complexity index is 186. The first-order valence-electron chi connectivity index (χ1n) is 3.25. The van der Waals surface area contributed by atoms with E-state index >= 15 is 0 Å². The largest absolute Gasteiger partial charge is 0.479 e. The van der Waals surface area contributed by atoms with Gasteiger partial charge < -0.3 is 14.9 Å². The van der Waals surface area contributed by atoms with Gasteiger partial charge in [0.25, 0.3) is 0 Å². The molecular formula is C7H10O5. The molecule has 0 saturated heterocycles. The Balaban J connectivity index is 3.68. The van der Waals surface area contributed by atoms with Crippen LogP contribution in [-0.2, 0) is 14.3 Å². The fraction of sp³-hybridized carbons (Fsp3) is 0.429. The van der Waals surface area contributed by atoms with Gasteiger partial charge in [0.05, 0.1) is 6.42 Å². The van der Waals surface area contributed by atoms with E-state index in [1.165, 1.54) is 6.08 Å². The second-order valence-corrected chi connectivity index (χ2v) is 2.03. The standard InChI is InChI=1S/C7H10O5/c1-2-3-12-6(9)4-5(8)7(10)11/h2,5,8H,1,3-4H2,(H,10,11)/t5-/m0/s1. The molecule has 0 saturated carbocycles. The van der Waals surface area contributed by atoms with Crippen LogP contribution < -0.4 is 0 Å². The summed E-state index contributed by atoms with van der Waals surface area (Å²) in [4.78, 5) is 20.7. The molecule has 0 bridgehead atoms. The maximum atomic E-state index is 10.6. The molecule has 0 aromatic heterocycles. The molecule has 0 aromatic rings. The molecule has 0 fully saturated rings. The molecule has 0 heterocycles. The summed E-state index contributed by atoms with van der Waals surface area (Å²) in [7, 11) is 0. The van der Waals surface area contributed by atoms with Crippen molar-refractivity contribution in [1.29, 1.82) is 0 Å². The van der Waals surface area contributed by atoms with Crippen LogP contribution in [0.5, 0.6) is 0 Å². The molecule has 2 N–H and O–H groups in total. The first-order chi connectivity index (χ1) is 5.57. The van der Waals surface area contributed by atoms with Crippen molar-refractivity contribution in [3.8, 4) is 0 Å². The number of aliphatic carboxylic acids is 1. The summed E-state index contributed by atoms with van der Waals surface area (Å²) in [5.74, 6) is -2.20. The Morgan fingerprint density at radius 3 is 2.58 bits per heavy atom. The molecule has 0 rings (SSSR count). The van der Waals surface area contributed by atoms with E-state index in [9.17, 15) is 9.59 Å². The number of carboxylic acid groups (broad SMARTS) is 1. The van der Waals surface area contributed by atoms with Gasteiger partial charge in [-0.25, -0.2) is 4.79 Å². The quantitative estimate of drug-likeness (QED) is 0.435. The third-order valence-electron chi connectivity index (χ3n) is 1.01. The van der Waals surface area contributed by atoms with Crippen LogP contribution in [0, 0.1) is 0 Å². The molecule has 5 heteroatoms. The van der Waals surface area contributed by atoms with Crippen LogP contribution >= 0.6 is 0 Å². The first kappa shape index (κ1) is 10.6. The van der Waals surface area contributed by atoms with Crippen molar-refractivity contribution in [1.82, 2.24) is 0 Å². The van der Waals surface area contributed by atoms with Crippen molar-refractivity contribution in [2.24, 2.45) is 0 Å². The van der Waals surface area contributed by atoms with Crippen LogP contribution in [0.4, 0.5) is 0 Å². The molecule has 1 atom stereocenters. The Kier molecular flexibility index (Phi) is 4.71. The monoisotopic (exact) mass is 174 g/mol. The third-order valence-corrected chi connectivity index (χ3v) is 1.01. The summed E-state index contributed by atoms with van der Waals surface area (Å²) in [6.45, 7) is 3.31. The highest BCUT2D eigenvalue weighted by Gasteiger charge is 2.18. The highest BCUT2D eigenvalue weighted by atomic mass is 16.5. The molecule has 12 heavy (non-hydrogen) atoms. The average Bonchev–Trinajstić information content (AvgIpc) is 2.00. The Hall–Kier alpha value is -1.36. The number of carboxylic acids is 1. The van der Waals surface area contributed by atoms with E-state index < -0.39 is 24.5 Å². The lowest BCUT2D eigenvalue weighted by Crippen LogP contribution is -2.24. The van der Waals surface area contributed by atoms with Crippen LogP contribution in [0.15, 0.2) is 12.7 Å². The third kappa shape index (κ3) is 4.45. The predicted octanol–water partition coefficient (Wildman–Crippen LogP) is -0.449. The normalized spacial score (nSPS) is 11.8. The molecular weight excluding hydrogens is 164 g/mol. The lowest BCUT2D eigenvalue weighted by molar-refractivity contribution is -0.155. The van der Waals surface area contributed by atoms with Gasteiger partial charge in [0.2, 0.25) is 0 Å². The summed E-state index contributed by atoms with van der Waals surface area (Å²) in [5, 5.41) is 16.8. The molecule has 0 amide bonds. The van der Waals surface area contributed by atoms with Crippen molar-refractivity contribution < 1.29 is 24.5 Å². The summed E-state index contributed by atoms with van der Waals surface area (Å²) < 4.78 is 4.43. The van der Waals surface area contributed by atoms with Crippen molar-refractivity contribution in [2.45, 2.75) is 12.5 Å². The molecule has 0 radical (unpaired) electrons. The van der Waals surface area contributed by atoms with E-state index in [4.69, 9.17) is 10.2 Å². The number of hydrogen-bond acceptors (Lipinski definition) is 4. The van der Waals surface area contributed by atoms with Crippen LogP contribution in [-0.4, -0.2) is 34.9 Å². The molecule has 0 aliphatic heterocycles. The van der Waals surface area contributed by atoms with Crippen molar-refractivity contribution in [3.05, 3.63) is 12.7 Å². The van der Waals surface area contributed by atoms with Crippen LogP contribution in [0.2, 0.25) is 0 Å². The zero-order valence-corrected chi connectivity index (χ0v) is 6.40. The summed E-state index contributed by atoms with van der Waals surface area (Å²) in [5.41, 5.74) is 0. The average molecular weight is 174 g/mol. The molecule has 0 aromatic carbocycles. The maximum Gasteiger partial charge on any atom is 0.333 e. The molecule has 0 unspecified atom stereocenters. The number of carbonyl (C=O) groups is 2. The predicted molar refractivity (Wildman–Crippen MR) is 39.4 cm³/mol. The van der Waals surface area contributed by atoms with E-state index in [0.717, 1.165) is 0 Å². The summed E-state index contributed by atoms with van der Waals surface area (Å²) >= 11 is 0. The number of hydrogen-bond donors (Lipinski definition) is 2. The van der Waals surface area contributed by atoms with Gasteiger partial charge in [-0.05, 0) is 0 Å². The van der Waals surface area contributed by atoms with Gasteiger partial charge in [0.15, 0.2) is 6.10 Å². The summed E-state index contributed by atoms with van der Waals surface area (Å²) in [6, 6.07) is 0. The fourth-order valence-corrected chi connectivity index (χ4v) is 0.456. The molecule has 68 valence electrons. The minimum atomic E-state index is -1.69. The highest BCUT2D eigenvalue weighted by molar-refractivity contribution is 5.80. The zero-order chi connectivity index (χ0) is 9.56. The number of carbonyl (C=O) groups excluding carboxylic acids is 1. The molecule has 0 aliphatic carbocycles. The first-order valence-corrected chi connectivity index (χ1v) is 3.25. The second-order valence-electron chi connectivity index (χ2n) is 2.03. The second kappa shape index (κ2) is 5.31. The topological polar surface area (TPSA) is 83.8 Å². The van der Waals surface area contributed by atoms with E-state index in [1.807, 2.05) is 0 Å². The van der Waals surface area contributed by atoms with Gasteiger partial charge in [-0.15, -0.1) is 0 Å². The van der Waals surface area contributed by atoms with E-state index in [1.54, 1.807) is 0 Å². The Labute approximate surface area is 69.3 Å². The lowest BCUT2D eigenvalue weighted by Gasteiger charge is -2.03. The highest BCUT2D eigenvalue weighted by Crippen LogP contribution is 1.94. The van der Waals surface area contributed by atoms with Crippen LogP contribution in [0.3, 0.4) is 0 Å². The molecule has 5 nitrogen and oxygen atoms in total. The zero-order valence-electron chi connectivity index (χ0n) is 6.40. The van der Waals surface area contributed by atoms with Gasteiger partial charge in [-0.3, -0.25) is 4.79 Å². The molecule has 0 aliphatic rings. The van der Waals surface area contributed by atoms with Gasteiger partial charge in [0.1, 0.15) is 6.61 Å². The van der Waals surface area contributed by atoms with E-state index in [2.05, 4.69) is 11.3 Å².